The summed E-state index contributed by atoms with van der Waals surface area (Å²) in [5, 5.41) is 3.28. The van der Waals surface area contributed by atoms with Gasteiger partial charge in [0.25, 0.3) is 0 Å². The smallest absolute Gasteiger partial charge is 0.327 e. The molecule has 1 N–H and O–H groups in total. The summed E-state index contributed by atoms with van der Waals surface area (Å²) in [5.41, 5.74) is 1.63. The van der Waals surface area contributed by atoms with Gasteiger partial charge >= 0.3 is 6.03 Å². The Morgan fingerprint density at radius 3 is 2.62 bits per heavy atom. The van der Waals surface area contributed by atoms with Crippen molar-refractivity contribution in [2.45, 2.75) is 37.9 Å². The molecule has 2 heterocycles. The van der Waals surface area contributed by atoms with Crippen LogP contribution in [0.3, 0.4) is 0 Å². The molecule has 2 atom stereocenters. The zero-order valence-electron chi connectivity index (χ0n) is 18.3. The highest BCUT2D eigenvalue weighted by Gasteiger charge is 2.46. The summed E-state index contributed by atoms with van der Waals surface area (Å²) in [6.45, 7) is 1.25. The van der Waals surface area contributed by atoms with Gasteiger partial charge in [-0.05, 0) is 61.2 Å². The molecular formula is C24H28FN3O4. The number of hydrogen-bond donors (Lipinski definition) is 1. The fraction of sp³-hybridized carbons (Fsp3) is 0.417. The van der Waals surface area contributed by atoms with Crippen LogP contribution in [0, 0.1) is 5.82 Å². The van der Waals surface area contributed by atoms with E-state index >= 15 is 0 Å². The van der Waals surface area contributed by atoms with Crippen LogP contribution in [0.5, 0.6) is 11.5 Å². The molecule has 7 nitrogen and oxygen atoms in total. The number of nitrogens with zero attached hydrogens (tertiary/aromatic N) is 2. The van der Waals surface area contributed by atoms with E-state index in [0.717, 1.165) is 24.9 Å². The quantitative estimate of drug-likeness (QED) is 0.715. The average Bonchev–Trinajstić information content (AvgIpc) is 2.81. The number of piperidine rings is 1. The van der Waals surface area contributed by atoms with E-state index in [-0.39, 0.29) is 36.9 Å². The maximum atomic E-state index is 13.7. The van der Waals surface area contributed by atoms with Crippen LogP contribution in [0.15, 0.2) is 42.5 Å². The highest BCUT2D eigenvalue weighted by atomic mass is 19.1. The van der Waals surface area contributed by atoms with E-state index in [1.807, 2.05) is 18.2 Å². The molecular weight excluding hydrogens is 413 g/mol. The molecule has 0 bridgehead atoms. The van der Waals surface area contributed by atoms with Gasteiger partial charge in [-0.2, -0.15) is 0 Å². The Bertz CT molecular complexity index is 999. The van der Waals surface area contributed by atoms with E-state index in [2.05, 4.69) is 5.32 Å². The molecule has 0 spiro atoms. The number of urea groups is 1. The first-order valence-corrected chi connectivity index (χ1v) is 10.8. The molecule has 2 fully saturated rings. The first-order chi connectivity index (χ1) is 15.5. The molecule has 32 heavy (non-hydrogen) atoms. The Morgan fingerprint density at radius 1 is 1.06 bits per heavy atom. The molecule has 170 valence electrons. The number of ether oxygens (including phenoxy) is 2. The maximum absolute atomic E-state index is 13.7. The van der Waals surface area contributed by atoms with Crippen LogP contribution in [0.4, 0.5) is 9.18 Å². The summed E-state index contributed by atoms with van der Waals surface area (Å²) in [6, 6.07) is 10.8. The van der Waals surface area contributed by atoms with Crippen molar-refractivity contribution in [2.75, 3.05) is 27.3 Å². The number of methoxy groups -OCH3 is 2. The highest BCUT2D eigenvalue weighted by molar-refractivity contribution is 6.00. The van der Waals surface area contributed by atoms with Crippen molar-refractivity contribution in [3.05, 3.63) is 59.4 Å². The summed E-state index contributed by atoms with van der Waals surface area (Å²) < 4.78 is 24.3. The number of nitrogens with one attached hydrogen (secondary N) is 1. The van der Waals surface area contributed by atoms with Crippen molar-refractivity contribution in [3.63, 3.8) is 0 Å². The second-order valence-electron chi connectivity index (χ2n) is 8.11. The van der Waals surface area contributed by atoms with Crippen LogP contribution in [0.1, 0.15) is 24.0 Å². The monoisotopic (exact) mass is 441 g/mol. The normalized spacial score (nSPS) is 20.8. The zero-order chi connectivity index (χ0) is 22.7. The average molecular weight is 442 g/mol. The number of hydrogen-bond acceptors (Lipinski definition) is 5. The molecule has 3 amide bonds. The van der Waals surface area contributed by atoms with E-state index in [0.29, 0.717) is 23.5 Å². The third kappa shape index (κ3) is 4.41. The van der Waals surface area contributed by atoms with Crippen LogP contribution in [-0.4, -0.2) is 61.1 Å². The Balaban J connectivity index is 1.54. The molecule has 2 aromatic rings. The van der Waals surface area contributed by atoms with Gasteiger partial charge in [-0.15, -0.1) is 0 Å². The van der Waals surface area contributed by atoms with Crippen molar-refractivity contribution in [1.82, 2.24) is 15.1 Å². The van der Waals surface area contributed by atoms with Crippen LogP contribution in [-0.2, 0) is 17.8 Å². The predicted molar refractivity (Wildman–Crippen MR) is 117 cm³/mol. The molecule has 8 heteroatoms. The summed E-state index contributed by atoms with van der Waals surface area (Å²) in [5.74, 6) is 0.683. The Labute approximate surface area is 187 Å². The third-order valence-electron chi connectivity index (χ3n) is 6.15. The number of benzene rings is 2. The van der Waals surface area contributed by atoms with Gasteiger partial charge in [-0.3, -0.25) is 9.69 Å². The molecule has 2 saturated heterocycles. The number of fused-ring (bicyclic) bond motifs is 1. The number of imide groups is 1. The molecule has 2 unspecified atom stereocenters. The minimum atomic E-state index is -0.444. The summed E-state index contributed by atoms with van der Waals surface area (Å²) in [7, 11) is 3.14. The van der Waals surface area contributed by atoms with Crippen LogP contribution >= 0.6 is 0 Å². The van der Waals surface area contributed by atoms with E-state index in [9.17, 15) is 14.0 Å². The van der Waals surface area contributed by atoms with Gasteiger partial charge in [0.05, 0.1) is 20.3 Å². The first kappa shape index (κ1) is 22.1. The minimum absolute atomic E-state index is 0.198. The number of carbonyl (C=O) groups excluding carboxylic acids is 2. The fourth-order valence-electron chi connectivity index (χ4n) is 4.52. The standard InChI is InChI=1S/C24H28FN3O4/c1-31-20-9-8-16(14-21(20)32-2)10-12-27-23(29)22-19(7-4-11-26-22)28(24(27)30)15-17-5-3-6-18(25)13-17/h3,5-6,8-9,13-14,19,22,26H,4,7,10-12,15H2,1-2H3. The van der Waals surface area contributed by atoms with Gasteiger partial charge in [0.2, 0.25) is 5.91 Å². The lowest BCUT2D eigenvalue weighted by Crippen LogP contribution is -2.69. The van der Waals surface area contributed by atoms with E-state index in [1.54, 1.807) is 31.3 Å². The minimum Gasteiger partial charge on any atom is -0.493 e. The Kier molecular flexibility index (Phi) is 6.60. The topological polar surface area (TPSA) is 71.1 Å². The highest BCUT2D eigenvalue weighted by Crippen LogP contribution is 2.29. The molecule has 2 aliphatic heterocycles. The molecule has 4 rings (SSSR count). The lowest BCUT2D eigenvalue weighted by Gasteiger charge is -2.47. The van der Waals surface area contributed by atoms with Gasteiger partial charge < -0.3 is 19.7 Å². The fourth-order valence-corrected chi connectivity index (χ4v) is 4.52. The summed E-state index contributed by atoms with van der Waals surface area (Å²) in [6.07, 6.45) is 2.12. The molecule has 0 aromatic heterocycles. The number of carbonyl (C=O) groups is 2. The molecule has 0 saturated carbocycles. The molecule has 0 aliphatic carbocycles. The van der Waals surface area contributed by atoms with Gasteiger partial charge in [-0.1, -0.05) is 18.2 Å². The SMILES string of the molecule is COc1ccc(CCN2C(=O)C3NCCCC3N(Cc3cccc(F)c3)C2=O)cc1OC. The molecule has 2 aromatic carbocycles. The summed E-state index contributed by atoms with van der Waals surface area (Å²) in [4.78, 5) is 29.6. The van der Waals surface area contributed by atoms with Gasteiger partial charge in [0.1, 0.15) is 11.9 Å². The van der Waals surface area contributed by atoms with Crippen molar-refractivity contribution in [3.8, 4) is 11.5 Å². The second-order valence-corrected chi connectivity index (χ2v) is 8.11. The van der Waals surface area contributed by atoms with Crippen LogP contribution < -0.4 is 14.8 Å². The van der Waals surface area contributed by atoms with Crippen molar-refractivity contribution in [1.29, 1.82) is 0 Å². The lowest BCUT2D eigenvalue weighted by molar-refractivity contribution is -0.137. The predicted octanol–water partition coefficient (Wildman–Crippen LogP) is 2.97. The Morgan fingerprint density at radius 2 is 1.88 bits per heavy atom. The number of halogens is 1. The third-order valence-corrected chi connectivity index (χ3v) is 6.15. The second kappa shape index (κ2) is 9.56. The largest absolute Gasteiger partial charge is 0.493 e. The van der Waals surface area contributed by atoms with E-state index in [4.69, 9.17) is 9.47 Å². The van der Waals surface area contributed by atoms with Gasteiger partial charge in [0, 0.05) is 13.1 Å². The maximum Gasteiger partial charge on any atom is 0.327 e. The van der Waals surface area contributed by atoms with Crippen molar-refractivity contribution >= 4 is 11.9 Å². The van der Waals surface area contributed by atoms with E-state index < -0.39 is 6.04 Å². The van der Waals surface area contributed by atoms with Crippen molar-refractivity contribution in [2.24, 2.45) is 0 Å². The zero-order valence-corrected chi connectivity index (χ0v) is 18.3. The molecule has 0 radical (unpaired) electrons. The van der Waals surface area contributed by atoms with Gasteiger partial charge in [0.15, 0.2) is 11.5 Å². The van der Waals surface area contributed by atoms with Crippen molar-refractivity contribution < 1.29 is 23.5 Å². The van der Waals surface area contributed by atoms with E-state index in [1.165, 1.54) is 17.0 Å². The summed E-state index contributed by atoms with van der Waals surface area (Å²) >= 11 is 0. The number of rotatable bonds is 7. The van der Waals surface area contributed by atoms with Crippen LogP contribution in [0.2, 0.25) is 0 Å². The number of amides is 3. The Hall–Kier alpha value is -3.13. The first-order valence-electron chi connectivity index (χ1n) is 10.8. The van der Waals surface area contributed by atoms with Gasteiger partial charge in [-0.25, -0.2) is 9.18 Å². The molecule has 2 aliphatic rings. The lowest BCUT2D eigenvalue weighted by atomic mass is 9.93. The van der Waals surface area contributed by atoms with Crippen LogP contribution in [0.25, 0.3) is 0 Å².